The predicted molar refractivity (Wildman–Crippen MR) is 104 cm³/mol. The monoisotopic (exact) mass is 405 g/mol. The molecule has 4 amide bonds. The molecule has 1 aromatic heterocycles. The molecule has 2 aliphatic heterocycles. The van der Waals surface area contributed by atoms with Gasteiger partial charge >= 0.3 is 6.03 Å². The molecule has 0 radical (unpaired) electrons. The highest BCUT2D eigenvalue weighted by molar-refractivity contribution is 6.30. The first-order valence-electron chi connectivity index (χ1n) is 9.67. The van der Waals surface area contributed by atoms with Crippen molar-refractivity contribution >= 4 is 35.1 Å². The number of halogens is 1. The Balaban J connectivity index is 1.36. The molecule has 0 spiro atoms. The first-order valence-corrected chi connectivity index (χ1v) is 10.1. The minimum atomic E-state index is -0.910. The van der Waals surface area contributed by atoms with Crippen LogP contribution in [-0.2, 0) is 9.59 Å². The number of pyridine rings is 1. The molecule has 1 aliphatic carbocycles. The number of nitrogens with one attached hydrogen (secondary N) is 2. The molecule has 3 fully saturated rings. The minimum Gasteiger partial charge on any atom is -0.364 e. The summed E-state index contributed by atoms with van der Waals surface area (Å²) in [6.45, 7) is 3.96. The third-order valence-electron chi connectivity index (χ3n) is 5.98. The molecule has 1 aromatic rings. The molecule has 3 heterocycles. The summed E-state index contributed by atoms with van der Waals surface area (Å²) in [4.78, 5) is 44.9. The van der Waals surface area contributed by atoms with Crippen LogP contribution in [0.15, 0.2) is 18.5 Å². The minimum absolute atomic E-state index is 0.0182. The molecule has 3 aliphatic rings. The van der Waals surface area contributed by atoms with E-state index >= 15 is 0 Å². The Morgan fingerprint density at radius 3 is 2.71 bits per heavy atom. The van der Waals surface area contributed by atoms with Crippen molar-refractivity contribution in [1.29, 1.82) is 0 Å². The van der Waals surface area contributed by atoms with Crippen LogP contribution in [0.5, 0.6) is 0 Å². The summed E-state index contributed by atoms with van der Waals surface area (Å²) in [7, 11) is 0. The number of amides is 4. The van der Waals surface area contributed by atoms with Crippen molar-refractivity contribution in [2.24, 2.45) is 5.92 Å². The maximum atomic E-state index is 12.8. The van der Waals surface area contributed by atoms with Crippen molar-refractivity contribution in [1.82, 2.24) is 20.5 Å². The van der Waals surface area contributed by atoms with Gasteiger partial charge in [-0.25, -0.2) is 4.79 Å². The Kier molecular flexibility index (Phi) is 4.91. The fourth-order valence-corrected chi connectivity index (χ4v) is 4.50. The van der Waals surface area contributed by atoms with Crippen LogP contribution in [0.2, 0.25) is 5.02 Å². The van der Waals surface area contributed by atoms with Gasteiger partial charge in [0.05, 0.1) is 16.9 Å². The molecule has 0 aromatic carbocycles. The number of rotatable bonds is 5. The number of carbonyl (C=O) groups excluding carboxylic acids is 3. The van der Waals surface area contributed by atoms with Gasteiger partial charge in [0.1, 0.15) is 5.54 Å². The van der Waals surface area contributed by atoms with Crippen molar-refractivity contribution < 1.29 is 14.4 Å². The smallest absolute Gasteiger partial charge is 0.322 e. The predicted octanol–water partition coefficient (Wildman–Crippen LogP) is 1.54. The standard InChI is InChI=1S/C19H24ClN5O3/c1-12-11-24(6-7-25(12)15-8-14(20)9-21-10-15)16(26)4-5-19(13-2-3-13)17(27)22-18(28)23-19/h8-10,12-13H,2-7,11H2,1H3,(H2,22,23,27,28)/t12-,19?/m0/s1. The van der Waals surface area contributed by atoms with E-state index in [9.17, 15) is 14.4 Å². The molecule has 2 saturated heterocycles. The molecule has 9 heteroatoms. The third-order valence-corrected chi connectivity index (χ3v) is 6.19. The molecule has 1 saturated carbocycles. The number of anilines is 1. The lowest BCUT2D eigenvalue weighted by atomic mass is 9.87. The molecular weight excluding hydrogens is 382 g/mol. The fourth-order valence-electron chi connectivity index (χ4n) is 4.34. The highest BCUT2D eigenvalue weighted by atomic mass is 35.5. The highest BCUT2D eigenvalue weighted by Gasteiger charge is 2.55. The summed E-state index contributed by atoms with van der Waals surface area (Å²) in [5.41, 5.74) is 0.0391. The Morgan fingerprint density at radius 2 is 2.11 bits per heavy atom. The van der Waals surface area contributed by atoms with Gasteiger partial charge in [-0.1, -0.05) is 11.6 Å². The Labute approximate surface area is 168 Å². The Hall–Kier alpha value is -2.35. The van der Waals surface area contributed by atoms with Crippen LogP contribution in [-0.4, -0.2) is 58.9 Å². The van der Waals surface area contributed by atoms with E-state index in [4.69, 9.17) is 11.6 Å². The van der Waals surface area contributed by atoms with Gasteiger partial charge in [0, 0.05) is 38.3 Å². The number of aromatic nitrogens is 1. The van der Waals surface area contributed by atoms with Crippen LogP contribution in [0.4, 0.5) is 10.5 Å². The second-order valence-corrected chi connectivity index (χ2v) is 8.33. The highest BCUT2D eigenvalue weighted by Crippen LogP contribution is 2.43. The summed E-state index contributed by atoms with van der Waals surface area (Å²) in [6, 6.07) is 1.55. The quantitative estimate of drug-likeness (QED) is 0.724. The summed E-state index contributed by atoms with van der Waals surface area (Å²) in [6.07, 6.45) is 5.79. The van der Waals surface area contributed by atoms with Gasteiger partial charge in [0.25, 0.3) is 5.91 Å². The second kappa shape index (κ2) is 7.24. The number of imide groups is 1. The van der Waals surface area contributed by atoms with Crippen LogP contribution in [0, 0.1) is 5.92 Å². The summed E-state index contributed by atoms with van der Waals surface area (Å²) < 4.78 is 0. The van der Waals surface area contributed by atoms with E-state index in [2.05, 4.69) is 27.4 Å². The molecule has 4 rings (SSSR count). The zero-order valence-corrected chi connectivity index (χ0v) is 16.5. The van der Waals surface area contributed by atoms with E-state index < -0.39 is 11.6 Å². The summed E-state index contributed by atoms with van der Waals surface area (Å²) >= 11 is 6.04. The number of hydrogen-bond acceptors (Lipinski definition) is 5. The number of nitrogens with zero attached hydrogens (tertiary/aromatic N) is 3. The van der Waals surface area contributed by atoms with E-state index in [0.717, 1.165) is 18.5 Å². The first-order chi connectivity index (χ1) is 13.4. The van der Waals surface area contributed by atoms with Gasteiger partial charge < -0.3 is 15.1 Å². The van der Waals surface area contributed by atoms with Crippen LogP contribution >= 0.6 is 11.6 Å². The van der Waals surface area contributed by atoms with Crippen LogP contribution in [0.1, 0.15) is 32.6 Å². The van der Waals surface area contributed by atoms with Gasteiger partial charge in [-0.2, -0.15) is 0 Å². The number of hydrogen-bond donors (Lipinski definition) is 2. The van der Waals surface area contributed by atoms with Gasteiger partial charge in [-0.15, -0.1) is 0 Å². The van der Waals surface area contributed by atoms with Crippen molar-refractivity contribution in [3.63, 3.8) is 0 Å². The van der Waals surface area contributed by atoms with Crippen LogP contribution in [0.3, 0.4) is 0 Å². The number of carbonyl (C=O) groups is 3. The zero-order valence-electron chi connectivity index (χ0n) is 15.8. The third kappa shape index (κ3) is 3.53. The molecule has 8 nitrogen and oxygen atoms in total. The van der Waals surface area contributed by atoms with Crippen LogP contribution < -0.4 is 15.5 Å². The molecule has 150 valence electrons. The van der Waals surface area contributed by atoms with Gasteiger partial charge in [0.2, 0.25) is 5.91 Å². The van der Waals surface area contributed by atoms with Crippen molar-refractivity contribution in [2.45, 2.75) is 44.2 Å². The second-order valence-electron chi connectivity index (χ2n) is 7.90. The van der Waals surface area contributed by atoms with Crippen LogP contribution in [0.25, 0.3) is 0 Å². The van der Waals surface area contributed by atoms with Gasteiger partial charge in [-0.3, -0.25) is 19.9 Å². The average molecular weight is 406 g/mol. The Morgan fingerprint density at radius 1 is 1.32 bits per heavy atom. The normalized spacial score (nSPS) is 27.6. The van der Waals surface area contributed by atoms with E-state index in [-0.39, 0.29) is 30.2 Å². The Bertz CT molecular complexity index is 815. The average Bonchev–Trinajstić information content (AvgIpc) is 3.46. The topological polar surface area (TPSA) is 94.6 Å². The fraction of sp³-hybridized carbons (Fsp3) is 0.579. The van der Waals surface area contributed by atoms with E-state index in [1.807, 2.05) is 11.0 Å². The van der Waals surface area contributed by atoms with Crippen molar-refractivity contribution in [3.05, 3.63) is 23.5 Å². The largest absolute Gasteiger partial charge is 0.364 e. The molecule has 1 unspecified atom stereocenters. The summed E-state index contributed by atoms with van der Waals surface area (Å²) in [5.74, 6) is -0.137. The SMILES string of the molecule is C[C@H]1CN(C(=O)CCC2(C3CC3)NC(=O)NC2=O)CCN1c1cncc(Cl)c1. The summed E-state index contributed by atoms with van der Waals surface area (Å²) in [5, 5.41) is 5.70. The van der Waals surface area contributed by atoms with E-state index in [1.54, 1.807) is 12.4 Å². The lowest BCUT2D eigenvalue weighted by molar-refractivity contribution is -0.133. The lowest BCUT2D eigenvalue weighted by Crippen LogP contribution is -2.54. The van der Waals surface area contributed by atoms with Crippen molar-refractivity contribution in [2.75, 3.05) is 24.5 Å². The lowest BCUT2D eigenvalue weighted by Gasteiger charge is -2.41. The van der Waals surface area contributed by atoms with E-state index in [0.29, 0.717) is 31.1 Å². The molecule has 28 heavy (non-hydrogen) atoms. The molecule has 0 bridgehead atoms. The maximum Gasteiger partial charge on any atom is 0.322 e. The first kappa shape index (κ1) is 19.0. The van der Waals surface area contributed by atoms with Gasteiger partial charge in [0.15, 0.2) is 0 Å². The zero-order chi connectivity index (χ0) is 19.9. The molecule has 2 atom stereocenters. The maximum absolute atomic E-state index is 12.8. The molecule has 2 N–H and O–H groups in total. The van der Waals surface area contributed by atoms with E-state index in [1.165, 1.54) is 0 Å². The number of piperazine rings is 1. The van der Waals surface area contributed by atoms with Gasteiger partial charge in [-0.05, 0) is 38.2 Å². The van der Waals surface area contributed by atoms with Crippen molar-refractivity contribution in [3.8, 4) is 0 Å². The number of urea groups is 1. The molecular formula is C19H24ClN5O3.